The van der Waals surface area contributed by atoms with Crippen molar-refractivity contribution in [2.45, 2.75) is 38.8 Å². The summed E-state index contributed by atoms with van der Waals surface area (Å²) >= 11 is 0. The van der Waals surface area contributed by atoms with Crippen LogP contribution in [0.15, 0.2) is 0 Å². The zero-order valence-corrected chi connectivity index (χ0v) is 11.1. The maximum absolute atomic E-state index is 12.2. The number of hydrogen-bond donors (Lipinski definition) is 0. The maximum atomic E-state index is 12.2. The number of piperazine rings is 1. The lowest BCUT2D eigenvalue weighted by Crippen LogP contribution is -2.57. The first kappa shape index (κ1) is 13.5. The fourth-order valence-corrected chi connectivity index (χ4v) is 2.04. The molecule has 0 bridgehead atoms. The number of carbonyl (C=O) groups is 1. The second kappa shape index (κ2) is 5.15. The van der Waals surface area contributed by atoms with Crippen LogP contribution in [0.2, 0.25) is 0 Å². The Morgan fingerprint density at radius 2 is 2.06 bits per heavy atom. The summed E-state index contributed by atoms with van der Waals surface area (Å²) in [5.74, 6) is 0.0987. The Labute approximate surface area is 98.5 Å². The molecule has 4 heteroatoms. The van der Waals surface area contributed by atoms with E-state index in [0.717, 1.165) is 26.1 Å². The first-order chi connectivity index (χ1) is 7.42. The summed E-state index contributed by atoms with van der Waals surface area (Å²) in [5, 5.41) is 0. The van der Waals surface area contributed by atoms with Crippen molar-refractivity contribution >= 4 is 5.91 Å². The number of methoxy groups -OCH3 is 1. The quantitative estimate of drug-likeness (QED) is 0.721. The number of rotatable bonds is 3. The third-order valence-electron chi connectivity index (χ3n) is 3.56. The van der Waals surface area contributed by atoms with Gasteiger partial charge in [-0.3, -0.25) is 9.69 Å². The molecule has 1 unspecified atom stereocenters. The highest BCUT2D eigenvalue weighted by Gasteiger charge is 2.35. The first-order valence-corrected chi connectivity index (χ1v) is 5.97. The Morgan fingerprint density at radius 1 is 1.44 bits per heavy atom. The fourth-order valence-electron chi connectivity index (χ4n) is 2.04. The van der Waals surface area contributed by atoms with Gasteiger partial charge in [0.15, 0.2) is 0 Å². The molecule has 1 saturated heterocycles. The molecule has 1 fully saturated rings. The highest BCUT2D eigenvalue weighted by atomic mass is 16.5. The van der Waals surface area contributed by atoms with E-state index in [1.54, 1.807) is 7.11 Å². The van der Waals surface area contributed by atoms with Crippen LogP contribution in [0.4, 0.5) is 0 Å². The second-order valence-corrected chi connectivity index (χ2v) is 5.01. The third-order valence-corrected chi connectivity index (χ3v) is 3.56. The average molecular weight is 228 g/mol. The van der Waals surface area contributed by atoms with Gasteiger partial charge in [0.25, 0.3) is 5.91 Å². The van der Waals surface area contributed by atoms with Crippen LogP contribution in [-0.4, -0.2) is 61.1 Å². The predicted molar refractivity (Wildman–Crippen MR) is 64.4 cm³/mol. The monoisotopic (exact) mass is 228 g/mol. The van der Waals surface area contributed by atoms with Gasteiger partial charge in [-0.2, -0.15) is 0 Å². The van der Waals surface area contributed by atoms with Gasteiger partial charge >= 0.3 is 0 Å². The molecule has 1 atom stereocenters. The maximum Gasteiger partial charge on any atom is 0.254 e. The van der Waals surface area contributed by atoms with Crippen LogP contribution in [0.25, 0.3) is 0 Å². The van der Waals surface area contributed by atoms with E-state index in [9.17, 15) is 4.79 Å². The number of carbonyl (C=O) groups excluding carboxylic acids is 1. The van der Waals surface area contributed by atoms with Crippen LogP contribution >= 0.6 is 0 Å². The van der Waals surface area contributed by atoms with Crippen molar-refractivity contribution in [2.75, 3.05) is 33.8 Å². The van der Waals surface area contributed by atoms with Crippen molar-refractivity contribution in [3.63, 3.8) is 0 Å². The molecule has 1 rings (SSSR count). The van der Waals surface area contributed by atoms with E-state index in [4.69, 9.17) is 4.74 Å². The van der Waals surface area contributed by atoms with Gasteiger partial charge in [-0.25, -0.2) is 0 Å². The summed E-state index contributed by atoms with van der Waals surface area (Å²) in [6.45, 7) is 8.39. The van der Waals surface area contributed by atoms with Gasteiger partial charge in [0.05, 0.1) is 0 Å². The Kier molecular flexibility index (Phi) is 4.33. The molecule has 0 saturated carbocycles. The summed E-state index contributed by atoms with van der Waals surface area (Å²) in [4.78, 5) is 16.5. The van der Waals surface area contributed by atoms with Crippen LogP contribution in [0.5, 0.6) is 0 Å². The summed E-state index contributed by atoms with van der Waals surface area (Å²) in [6.07, 6.45) is 1.08. The topological polar surface area (TPSA) is 32.8 Å². The minimum Gasteiger partial charge on any atom is -0.369 e. The molecular weight excluding hydrogens is 204 g/mol. The lowest BCUT2D eigenvalue weighted by molar-refractivity contribution is -0.153. The number of amides is 1. The Balaban J connectivity index is 2.65. The van der Waals surface area contributed by atoms with Crippen molar-refractivity contribution in [1.82, 2.24) is 9.80 Å². The molecule has 4 nitrogen and oxygen atoms in total. The smallest absolute Gasteiger partial charge is 0.254 e. The molecule has 1 amide bonds. The highest BCUT2D eigenvalue weighted by Crippen LogP contribution is 2.17. The second-order valence-electron chi connectivity index (χ2n) is 5.01. The molecule has 0 aromatic heterocycles. The van der Waals surface area contributed by atoms with E-state index in [1.807, 2.05) is 18.7 Å². The van der Waals surface area contributed by atoms with Crippen LogP contribution in [0, 0.1) is 0 Å². The molecular formula is C12H24N2O2. The lowest BCUT2D eigenvalue weighted by atomic mass is 10.0. The van der Waals surface area contributed by atoms with E-state index >= 15 is 0 Å². The van der Waals surface area contributed by atoms with Crippen molar-refractivity contribution in [2.24, 2.45) is 0 Å². The summed E-state index contributed by atoms with van der Waals surface area (Å²) in [5.41, 5.74) is -0.700. The van der Waals surface area contributed by atoms with Crippen molar-refractivity contribution in [3.8, 4) is 0 Å². The SMILES string of the molecule is CCC1CN(C(=O)C(C)(C)OC)CCN1C. The highest BCUT2D eigenvalue weighted by molar-refractivity contribution is 5.84. The van der Waals surface area contributed by atoms with Crippen LogP contribution in [-0.2, 0) is 9.53 Å². The molecule has 1 aliphatic rings. The molecule has 0 aliphatic carbocycles. The molecule has 1 aliphatic heterocycles. The number of ether oxygens (including phenoxy) is 1. The Bertz CT molecular complexity index is 253. The number of likely N-dealkylation sites (N-methyl/N-ethyl adjacent to an activating group) is 1. The van der Waals surface area contributed by atoms with Crippen LogP contribution in [0.3, 0.4) is 0 Å². The zero-order chi connectivity index (χ0) is 12.3. The fraction of sp³-hybridized carbons (Fsp3) is 0.917. The standard InChI is InChI=1S/C12H24N2O2/c1-6-10-9-14(8-7-13(10)4)11(15)12(2,3)16-5/h10H,6-9H2,1-5H3. The van der Waals surface area contributed by atoms with Gasteiger partial charge in [0.2, 0.25) is 0 Å². The van der Waals surface area contributed by atoms with Gasteiger partial charge in [0, 0.05) is 32.8 Å². The Hall–Kier alpha value is -0.610. The first-order valence-electron chi connectivity index (χ1n) is 5.97. The van der Waals surface area contributed by atoms with Gasteiger partial charge in [-0.05, 0) is 27.3 Å². The number of nitrogens with zero attached hydrogens (tertiary/aromatic N) is 2. The molecule has 16 heavy (non-hydrogen) atoms. The molecule has 0 radical (unpaired) electrons. The molecule has 0 N–H and O–H groups in total. The molecule has 1 heterocycles. The van der Waals surface area contributed by atoms with Gasteiger partial charge < -0.3 is 9.64 Å². The van der Waals surface area contributed by atoms with E-state index in [-0.39, 0.29) is 5.91 Å². The minimum absolute atomic E-state index is 0.0987. The van der Waals surface area contributed by atoms with Crippen molar-refractivity contribution in [3.05, 3.63) is 0 Å². The van der Waals surface area contributed by atoms with Crippen LogP contribution < -0.4 is 0 Å². The van der Waals surface area contributed by atoms with Gasteiger partial charge in [-0.1, -0.05) is 6.92 Å². The van der Waals surface area contributed by atoms with Crippen molar-refractivity contribution in [1.29, 1.82) is 0 Å². The van der Waals surface area contributed by atoms with E-state index in [0.29, 0.717) is 6.04 Å². The van der Waals surface area contributed by atoms with E-state index in [2.05, 4.69) is 18.9 Å². The summed E-state index contributed by atoms with van der Waals surface area (Å²) in [7, 11) is 3.71. The lowest BCUT2D eigenvalue weighted by Gasteiger charge is -2.41. The average Bonchev–Trinajstić information content (AvgIpc) is 2.28. The van der Waals surface area contributed by atoms with E-state index in [1.165, 1.54) is 0 Å². The number of hydrogen-bond acceptors (Lipinski definition) is 3. The normalized spacial score (nSPS) is 23.6. The van der Waals surface area contributed by atoms with Crippen LogP contribution in [0.1, 0.15) is 27.2 Å². The van der Waals surface area contributed by atoms with Crippen molar-refractivity contribution < 1.29 is 9.53 Å². The van der Waals surface area contributed by atoms with E-state index < -0.39 is 5.60 Å². The minimum atomic E-state index is -0.700. The third kappa shape index (κ3) is 2.74. The van der Waals surface area contributed by atoms with Gasteiger partial charge in [-0.15, -0.1) is 0 Å². The Morgan fingerprint density at radius 3 is 2.56 bits per heavy atom. The van der Waals surface area contributed by atoms with Gasteiger partial charge in [0.1, 0.15) is 5.60 Å². The summed E-state index contributed by atoms with van der Waals surface area (Å²) < 4.78 is 5.24. The molecule has 0 spiro atoms. The largest absolute Gasteiger partial charge is 0.369 e. The summed E-state index contributed by atoms with van der Waals surface area (Å²) in [6, 6.07) is 0.477. The molecule has 94 valence electrons. The molecule has 0 aromatic carbocycles. The molecule has 0 aromatic rings. The zero-order valence-electron chi connectivity index (χ0n) is 11.1. The predicted octanol–water partition coefficient (Wildman–Crippen LogP) is 0.964.